The number of nitrogens with zero attached hydrogens (tertiary/aromatic N) is 2. The summed E-state index contributed by atoms with van der Waals surface area (Å²) >= 11 is 0. The Morgan fingerprint density at radius 1 is 0.449 bits per heavy atom. The van der Waals surface area contributed by atoms with Crippen LogP contribution in [0.15, 0.2) is 164 Å². The van der Waals surface area contributed by atoms with Gasteiger partial charge in [-0.1, -0.05) is 133 Å². The summed E-state index contributed by atoms with van der Waals surface area (Å²) in [5.74, 6) is 0.979. The molecule has 0 fully saturated rings. The number of para-hydroxylation sites is 2. The van der Waals surface area contributed by atoms with Crippen LogP contribution in [0.25, 0.3) is 77.3 Å². The fourth-order valence-corrected chi connectivity index (χ4v) is 9.12. The molecule has 9 aromatic rings. The van der Waals surface area contributed by atoms with E-state index >= 15 is 0 Å². The van der Waals surface area contributed by atoms with Crippen molar-refractivity contribution in [1.29, 1.82) is 0 Å². The highest BCUT2D eigenvalue weighted by atomic mass is 15.1. The summed E-state index contributed by atoms with van der Waals surface area (Å²) in [7, 11) is 2.10. The monoisotopic (exact) mass is 622 g/mol. The Labute approximate surface area is 284 Å². The third-order valence-electron chi connectivity index (χ3n) is 11.2. The van der Waals surface area contributed by atoms with E-state index in [1.54, 1.807) is 0 Å². The van der Waals surface area contributed by atoms with E-state index in [-0.39, 0.29) is 0 Å². The Kier molecular flexibility index (Phi) is 5.28. The summed E-state index contributed by atoms with van der Waals surface area (Å²) in [5.41, 5.74) is 16.1. The molecule has 0 atom stereocenters. The minimum absolute atomic E-state index is 0.423. The van der Waals surface area contributed by atoms with E-state index in [0.29, 0.717) is 0 Å². The van der Waals surface area contributed by atoms with Crippen LogP contribution in [0, 0.1) is 0 Å². The van der Waals surface area contributed by atoms with Gasteiger partial charge in [-0.05, 0) is 108 Å². The third-order valence-corrected chi connectivity index (χ3v) is 11.2. The second-order valence-electron chi connectivity index (χ2n) is 13.5. The highest BCUT2D eigenvalue weighted by molar-refractivity contribution is 6.12. The van der Waals surface area contributed by atoms with Gasteiger partial charge in [-0.25, -0.2) is 4.98 Å². The van der Waals surface area contributed by atoms with Crippen molar-refractivity contribution in [3.05, 3.63) is 186 Å². The largest absolute Gasteiger partial charge is 0.327 e. The van der Waals surface area contributed by atoms with Crippen molar-refractivity contribution >= 4 is 32.6 Å². The fourth-order valence-electron chi connectivity index (χ4n) is 9.12. The maximum atomic E-state index is 4.98. The lowest BCUT2D eigenvalue weighted by Gasteiger charge is -2.31. The Balaban J connectivity index is 1.22. The normalized spacial score (nSPS) is 13.6. The standard InChI is InChI=1S/C47H30N2/c1-49-44-21-11-10-20-43(44)48-46(49)30-24-22-29(23-25-30)37-28-42-45(36-17-5-4-14-33(36)37)38-26-31-12-2-3-13-32(31)27-41(38)47(42)39-18-8-6-15-34(39)35-16-7-9-19-40(35)47/h2-28H,1H3. The second kappa shape index (κ2) is 9.65. The number of hydrogen-bond donors (Lipinski definition) is 0. The lowest BCUT2D eigenvalue weighted by Crippen LogP contribution is -2.26. The van der Waals surface area contributed by atoms with Gasteiger partial charge in [0.15, 0.2) is 0 Å². The predicted octanol–water partition coefficient (Wildman–Crippen LogP) is 11.6. The van der Waals surface area contributed by atoms with E-state index < -0.39 is 5.41 Å². The molecule has 11 rings (SSSR count). The molecule has 0 radical (unpaired) electrons. The lowest BCUT2D eigenvalue weighted by molar-refractivity contribution is 0.796. The van der Waals surface area contributed by atoms with Crippen molar-refractivity contribution in [2.24, 2.45) is 7.05 Å². The van der Waals surface area contributed by atoms with Crippen LogP contribution in [0.2, 0.25) is 0 Å². The molecule has 49 heavy (non-hydrogen) atoms. The smallest absolute Gasteiger partial charge is 0.140 e. The van der Waals surface area contributed by atoms with E-state index in [9.17, 15) is 0 Å². The first kappa shape index (κ1) is 26.8. The van der Waals surface area contributed by atoms with Gasteiger partial charge in [0, 0.05) is 12.6 Å². The van der Waals surface area contributed by atoms with Gasteiger partial charge in [0.2, 0.25) is 0 Å². The molecule has 2 nitrogen and oxygen atoms in total. The van der Waals surface area contributed by atoms with Crippen molar-refractivity contribution in [1.82, 2.24) is 9.55 Å². The molecule has 0 saturated carbocycles. The average Bonchev–Trinajstić information content (AvgIpc) is 3.77. The third kappa shape index (κ3) is 3.43. The molecule has 228 valence electrons. The van der Waals surface area contributed by atoms with Crippen molar-refractivity contribution in [2.45, 2.75) is 5.41 Å². The van der Waals surface area contributed by atoms with Gasteiger partial charge in [-0.3, -0.25) is 0 Å². The van der Waals surface area contributed by atoms with Gasteiger partial charge >= 0.3 is 0 Å². The zero-order valence-electron chi connectivity index (χ0n) is 27.0. The van der Waals surface area contributed by atoms with E-state index in [1.165, 1.54) is 77.2 Å². The van der Waals surface area contributed by atoms with Crippen LogP contribution >= 0.6 is 0 Å². The Morgan fingerprint density at radius 2 is 1.04 bits per heavy atom. The van der Waals surface area contributed by atoms with Crippen LogP contribution in [-0.4, -0.2) is 9.55 Å². The minimum atomic E-state index is -0.423. The number of imidazole rings is 1. The quantitative estimate of drug-likeness (QED) is 0.188. The van der Waals surface area contributed by atoms with Crippen LogP contribution in [0.1, 0.15) is 22.3 Å². The zero-order valence-corrected chi connectivity index (χ0v) is 27.0. The van der Waals surface area contributed by atoms with Gasteiger partial charge in [-0.2, -0.15) is 0 Å². The van der Waals surface area contributed by atoms with E-state index in [4.69, 9.17) is 4.98 Å². The SMILES string of the molecule is Cn1c(-c2ccc(-c3cc4c(c5ccccc35)-c3cc5ccccc5cc3C43c4ccccc4-c4ccccc43)cc2)nc2ccccc21. The molecule has 0 amide bonds. The molecule has 2 aliphatic carbocycles. The van der Waals surface area contributed by atoms with Gasteiger partial charge in [0.25, 0.3) is 0 Å². The molecule has 0 unspecified atom stereocenters. The summed E-state index contributed by atoms with van der Waals surface area (Å²) < 4.78 is 2.19. The molecular weight excluding hydrogens is 593 g/mol. The van der Waals surface area contributed by atoms with Crippen molar-refractivity contribution in [3.63, 3.8) is 0 Å². The van der Waals surface area contributed by atoms with Gasteiger partial charge in [0.05, 0.1) is 16.4 Å². The molecule has 1 aromatic heterocycles. The zero-order chi connectivity index (χ0) is 32.3. The summed E-state index contributed by atoms with van der Waals surface area (Å²) in [4.78, 5) is 4.98. The number of benzene rings is 8. The topological polar surface area (TPSA) is 17.8 Å². The Hall–Kier alpha value is -6.25. The molecule has 0 bridgehead atoms. The number of rotatable bonds is 2. The van der Waals surface area contributed by atoms with Crippen molar-refractivity contribution in [3.8, 4) is 44.8 Å². The van der Waals surface area contributed by atoms with Gasteiger partial charge in [-0.15, -0.1) is 0 Å². The first-order chi connectivity index (χ1) is 24.2. The first-order valence-electron chi connectivity index (χ1n) is 17.0. The molecule has 1 heterocycles. The number of fused-ring (bicyclic) bond motifs is 14. The molecule has 0 saturated heterocycles. The van der Waals surface area contributed by atoms with Crippen LogP contribution in [0.4, 0.5) is 0 Å². The van der Waals surface area contributed by atoms with Crippen molar-refractivity contribution < 1.29 is 0 Å². The Morgan fingerprint density at radius 3 is 1.78 bits per heavy atom. The van der Waals surface area contributed by atoms with Gasteiger partial charge < -0.3 is 4.57 Å². The average molecular weight is 623 g/mol. The van der Waals surface area contributed by atoms with E-state index in [1.807, 2.05) is 0 Å². The second-order valence-corrected chi connectivity index (χ2v) is 13.5. The summed E-state index contributed by atoms with van der Waals surface area (Å²) in [6, 6.07) is 60.8. The highest BCUT2D eigenvalue weighted by Gasteiger charge is 2.52. The fraction of sp³-hybridized carbons (Fsp3) is 0.0426. The predicted molar refractivity (Wildman–Crippen MR) is 203 cm³/mol. The number of aromatic nitrogens is 2. The maximum Gasteiger partial charge on any atom is 0.140 e. The molecule has 2 aliphatic rings. The molecule has 1 spiro atoms. The summed E-state index contributed by atoms with van der Waals surface area (Å²) in [6.45, 7) is 0. The maximum absolute atomic E-state index is 4.98. The van der Waals surface area contributed by atoms with Crippen molar-refractivity contribution in [2.75, 3.05) is 0 Å². The lowest BCUT2D eigenvalue weighted by atomic mass is 9.69. The highest BCUT2D eigenvalue weighted by Crippen LogP contribution is 2.64. The number of hydrogen-bond acceptors (Lipinski definition) is 1. The summed E-state index contributed by atoms with van der Waals surface area (Å²) in [6.07, 6.45) is 0. The van der Waals surface area contributed by atoms with Crippen LogP contribution in [-0.2, 0) is 12.5 Å². The first-order valence-corrected chi connectivity index (χ1v) is 17.0. The molecule has 2 heteroatoms. The molecule has 8 aromatic carbocycles. The van der Waals surface area contributed by atoms with Crippen LogP contribution in [0.3, 0.4) is 0 Å². The van der Waals surface area contributed by atoms with Crippen LogP contribution < -0.4 is 0 Å². The van der Waals surface area contributed by atoms with E-state index in [2.05, 4.69) is 175 Å². The molecule has 0 N–H and O–H groups in total. The van der Waals surface area contributed by atoms with Crippen LogP contribution in [0.5, 0.6) is 0 Å². The summed E-state index contributed by atoms with van der Waals surface area (Å²) in [5, 5.41) is 5.11. The molecule has 0 aliphatic heterocycles. The number of aryl methyl sites for hydroxylation is 1. The minimum Gasteiger partial charge on any atom is -0.327 e. The molecular formula is C47H30N2. The van der Waals surface area contributed by atoms with E-state index in [0.717, 1.165) is 22.4 Å². The van der Waals surface area contributed by atoms with Gasteiger partial charge in [0.1, 0.15) is 5.82 Å². The Bertz CT molecular complexity index is 2790.